The van der Waals surface area contributed by atoms with Crippen LogP contribution in [0.15, 0.2) is 0 Å². The van der Waals surface area contributed by atoms with Crippen molar-refractivity contribution >= 4 is 5.97 Å². The molecule has 1 aliphatic heterocycles. The fourth-order valence-corrected chi connectivity index (χ4v) is 4.31. The predicted octanol–water partition coefficient (Wildman–Crippen LogP) is 2.91. The molecule has 2 nitrogen and oxygen atoms in total. The zero-order chi connectivity index (χ0) is 10.5. The molecule has 2 saturated carbocycles. The number of esters is 1. The smallest absolute Gasteiger partial charge is 0.306 e. The molecular weight excluding hydrogens is 188 g/mol. The molecular formula is C13H20O2. The lowest BCUT2D eigenvalue weighted by atomic mass is 9.78. The van der Waals surface area contributed by atoms with Gasteiger partial charge in [-0.2, -0.15) is 0 Å². The second-order valence-electron chi connectivity index (χ2n) is 5.86. The van der Waals surface area contributed by atoms with Crippen molar-refractivity contribution in [2.24, 2.45) is 17.8 Å². The predicted molar refractivity (Wildman–Crippen MR) is 57.3 cm³/mol. The lowest BCUT2D eigenvalue weighted by Crippen LogP contribution is -2.38. The average Bonchev–Trinajstić information content (AvgIpc) is 2.60. The van der Waals surface area contributed by atoms with Crippen molar-refractivity contribution in [3.63, 3.8) is 0 Å². The second-order valence-corrected chi connectivity index (χ2v) is 5.86. The Morgan fingerprint density at radius 1 is 1.27 bits per heavy atom. The number of carbonyl (C=O) groups excluding carboxylic acids is 1. The molecule has 2 heteroatoms. The van der Waals surface area contributed by atoms with Crippen LogP contribution < -0.4 is 0 Å². The van der Waals surface area contributed by atoms with E-state index in [1.165, 1.54) is 32.1 Å². The van der Waals surface area contributed by atoms with E-state index < -0.39 is 0 Å². The molecule has 0 unspecified atom stereocenters. The maximum absolute atomic E-state index is 11.5. The quantitative estimate of drug-likeness (QED) is 0.572. The highest BCUT2D eigenvalue weighted by Gasteiger charge is 2.58. The Labute approximate surface area is 91.4 Å². The topological polar surface area (TPSA) is 26.3 Å². The van der Waals surface area contributed by atoms with Crippen molar-refractivity contribution in [2.75, 3.05) is 0 Å². The number of carbonyl (C=O) groups is 1. The minimum Gasteiger partial charge on any atom is -0.458 e. The normalized spacial score (nSPS) is 49.4. The molecule has 0 aromatic carbocycles. The lowest BCUT2D eigenvalue weighted by Gasteiger charge is -2.33. The second kappa shape index (κ2) is 3.23. The van der Waals surface area contributed by atoms with Gasteiger partial charge in [0.2, 0.25) is 0 Å². The fourth-order valence-electron chi connectivity index (χ4n) is 4.31. The number of hydrogen-bond donors (Lipinski definition) is 0. The maximum atomic E-state index is 11.5. The molecule has 0 aromatic heterocycles. The van der Waals surface area contributed by atoms with Gasteiger partial charge in [-0.1, -0.05) is 19.8 Å². The van der Waals surface area contributed by atoms with Crippen molar-refractivity contribution in [3.05, 3.63) is 0 Å². The SMILES string of the molecule is C[C@H]1C[C@H]2CCCC[C@H]3CC(=O)O[C@@]23C1. The summed E-state index contributed by atoms with van der Waals surface area (Å²) in [6.45, 7) is 2.31. The number of rotatable bonds is 0. The van der Waals surface area contributed by atoms with Gasteiger partial charge in [-0.05, 0) is 37.5 Å². The molecule has 2 aliphatic carbocycles. The van der Waals surface area contributed by atoms with Crippen LogP contribution in [0, 0.1) is 17.8 Å². The van der Waals surface area contributed by atoms with Gasteiger partial charge in [0.15, 0.2) is 0 Å². The summed E-state index contributed by atoms with van der Waals surface area (Å²) in [5, 5.41) is 0. The molecule has 3 aliphatic rings. The van der Waals surface area contributed by atoms with E-state index in [4.69, 9.17) is 4.74 Å². The zero-order valence-electron chi connectivity index (χ0n) is 9.50. The summed E-state index contributed by atoms with van der Waals surface area (Å²) in [4.78, 5) is 11.5. The van der Waals surface area contributed by atoms with Gasteiger partial charge in [0.1, 0.15) is 5.60 Å². The monoisotopic (exact) mass is 208 g/mol. The van der Waals surface area contributed by atoms with Crippen LogP contribution >= 0.6 is 0 Å². The van der Waals surface area contributed by atoms with Gasteiger partial charge in [-0.15, -0.1) is 0 Å². The summed E-state index contributed by atoms with van der Waals surface area (Å²) in [6, 6.07) is 0. The molecule has 1 heterocycles. The molecule has 4 atom stereocenters. The van der Waals surface area contributed by atoms with Crippen molar-refractivity contribution in [1.29, 1.82) is 0 Å². The van der Waals surface area contributed by atoms with Crippen molar-refractivity contribution in [3.8, 4) is 0 Å². The largest absolute Gasteiger partial charge is 0.458 e. The van der Waals surface area contributed by atoms with Crippen LogP contribution in [0.5, 0.6) is 0 Å². The summed E-state index contributed by atoms with van der Waals surface area (Å²) in [5.41, 5.74) is -0.0208. The van der Waals surface area contributed by atoms with Crippen molar-refractivity contribution in [2.45, 2.75) is 57.5 Å². The minimum absolute atomic E-state index is 0.0208. The Morgan fingerprint density at radius 2 is 2.00 bits per heavy atom. The van der Waals surface area contributed by atoms with E-state index in [0.29, 0.717) is 18.3 Å². The first-order chi connectivity index (χ1) is 7.21. The van der Waals surface area contributed by atoms with E-state index in [1.54, 1.807) is 0 Å². The third-order valence-corrected chi connectivity index (χ3v) is 4.81. The average molecular weight is 208 g/mol. The van der Waals surface area contributed by atoms with E-state index in [0.717, 1.165) is 12.3 Å². The Hall–Kier alpha value is -0.530. The summed E-state index contributed by atoms with van der Waals surface area (Å²) in [7, 11) is 0. The van der Waals surface area contributed by atoms with E-state index in [9.17, 15) is 4.79 Å². The van der Waals surface area contributed by atoms with Gasteiger partial charge in [0, 0.05) is 5.92 Å². The number of hydrogen-bond acceptors (Lipinski definition) is 2. The molecule has 3 rings (SSSR count). The van der Waals surface area contributed by atoms with Crippen LogP contribution in [0.3, 0.4) is 0 Å². The first-order valence-corrected chi connectivity index (χ1v) is 6.42. The Balaban J connectivity index is 1.95. The van der Waals surface area contributed by atoms with Crippen molar-refractivity contribution < 1.29 is 9.53 Å². The summed E-state index contributed by atoms with van der Waals surface area (Å²) >= 11 is 0. The van der Waals surface area contributed by atoms with Crippen LogP contribution in [-0.4, -0.2) is 11.6 Å². The van der Waals surface area contributed by atoms with Crippen LogP contribution in [0.25, 0.3) is 0 Å². The Kier molecular flexibility index (Phi) is 2.08. The third kappa shape index (κ3) is 1.33. The first-order valence-electron chi connectivity index (χ1n) is 6.42. The fraction of sp³-hybridized carbons (Fsp3) is 0.923. The molecule has 0 aromatic rings. The molecule has 0 bridgehead atoms. The summed E-state index contributed by atoms with van der Waals surface area (Å²) < 4.78 is 5.79. The van der Waals surface area contributed by atoms with Crippen LogP contribution in [-0.2, 0) is 9.53 Å². The highest BCUT2D eigenvalue weighted by atomic mass is 16.6. The molecule has 0 amide bonds. The van der Waals surface area contributed by atoms with Gasteiger partial charge in [-0.3, -0.25) is 4.79 Å². The molecule has 15 heavy (non-hydrogen) atoms. The highest BCUT2D eigenvalue weighted by molar-refractivity contribution is 5.73. The molecule has 3 fully saturated rings. The maximum Gasteiger partial charge on any atom is 0.306 e. The van der Waals surface area contributed by atoms with E-state index in [2.05, 4.69) is 6.92 Å². The van der Waals surface area contributed by atoms with Crippen LogP contribution in [0.1, 0.15) is 51.9 Å². The van der Waals surface area contributed by atoms with Crippen molar-refractivity contribution in [1.82, 2.24) is 0 Å². The molecule has 84 valence electrons. The molecule has 0 radical (unpaired) electrons. The minimum atomic E-state index is -0.0208. The van der Waals surface area contributed by atoms with Crippen LogP contribution in [0.2, 0.25) is 0 Å². The Bertz CT molecular complexity index is 286. The summed E-state index contributed by atoms with van der Waals surface area (Å²) in [6.07, 6.45) is 8.26. The van der Waals surface area contributed by atoms with E-state index in [-0.39, 0.29) is 11.6 Å². The Morgan fingerprint density at radius 3 is 2.80 bits per heavy atom. The van der Waals surface area contributed by atoms with Gasteiger partial charge >= 0.3 is 5.97 Å². The van der Waals surface area contributed by atoms with Crippen LogP contribution in [0.4, 0.5) is 0 Å². The lowest BCUT2D eigenvalue weighted by molar-refractivity contribution is -0.152. The van der Waals surface area contributed by atoms with Gasteiger partial charge in [-0.25, -0.2) is 0 Å². The highest BCUT2D eigenvalue weighted by Crippen LogP contribution is 2.55. The van der Waals surface area contributed by atoms with E-state index >= 15 is 0 Å². The summed E-state index contributed by atoms with van der Waals surface area (Å²) in [5.74, 6) is 2.04. The van der Waals surface area contributed by atoms with Gasteiger partial charge in [0.05, 0.1) is 6.42 Å². The third-order valence-electron chi connectivity index (χ3n) is 4.81. The molecule has 1 spiro atoms. The van der Waals surface area contributed by atoms with Gasteiger partial charge in [0.25, 0.3) is 0 Å². The zero-order valence-corrected chi connectivity index (χ0v) is 9.50. The van der Waals surface area contributed by atoms with Gasteiger partial charge < -0.3 is 4.74 Å². The molecule has 1 saturated heterocycles. The van der Waals surface area contributed by atoms with E-state index in [1.807, 2.05) is 0 Å². The number of ether oxygens (including phenoxy) is 1. The first kappa shape index (κ1) is 9.68. The standard InChI is InChI=1S/C13H20O2/c1-9-6-10-4-2-3-5-11-7-12(14)15-13(10,11)8-9/h9-11H,2-8H2,1H3/t9-,10+,11-,13-/m0/s1. The molecule has 0 N–H and O–H groups in total.